The topological polar surface area (TPSA) is 84.9 Å². The van der Waals surface area contributed by atoms with Crippen molar-refractivity contribution in [3.8, 4) is 5.75 Å². The van der Waals surface area contributed by atoms with E-state index >= 15 is 0 Å². The van der Waals surface area contributed by atoms with Gasteiger partial charge in [-0.2, -0.15) is 0 Å². The molecule has 1 saturated carbocycles. The monoisotopic (exact) mass is 353 g/mol. The first-order chi connectivity index (χ1) is 12.0. The molecule has 0 heterocycles. The van der Waals surface area contributed by atoms with E-state index in [-0.39, 0.29) is 24.3 Å². The van der Waals surface area contributed by atoms with Crippen LogP contribution in [0.15, 0.2) is 24.3 Å². The van der Waals surface area contributed by atoms with Crippen LogP contribution in [0.3, 0.4) is 0 Å². The van der Waals surface area contributed by atoms with Crippen molar-refractivity contribution in [2.24, 2.45) is 0 Å². The summed E-state index contributed by atoms with van der Waals surface area (Å²) in [6, 6.07) is 5.03. The van der Waals surface area contributed by atoms with Crippen LogP contribution < -0.4 is 10.1 Å². The molecule has 25 heavy (non-hydrogen) atoms. The zero-order valence-corrected chi connectivity index (χ0v) is 14.2. The van der Waals surface area contributed by atoms with Crippen LogP contribution in [0.2, 0.25) is 0 Å². The van der Waals surface area contributed by atoms with Crippen molar-refractivity contribution >= 4 is 11.9 Å². The van der Waals surface area contributed by atoms with Gasteiger partial charge in [0, 0.05) is 0 Å². The summed E-state index contributed by atoms with van der Waals surface area (Å²) in [5, 5.41) is 11.8. The van der Waals surface area contributed by atoms with Crippen LogP contribution in [0.1, 0.15) is 39.0 Å². The summed E-state index contributed by atoms with van der Waals surface area (Å²) in [5.41, 5.74) is 0. The lowest BCUT2D eigenvalue weighted by atomic mass is 10.2. The third kappa shape index (κ3) is 6.01. The second-order valence-corrected chi connectivity index (χ2v) is 6.08. The van der Waals surface area contributed by atoms with Crippen molar-refractivity contribution in [3.63, 3.8) is 0 Å². The predicted molar refractivity (Wildman–Crippen MR) is 88.9 cm³/mol. The smallest absolute Gasteiger partial charge is 0.346 e. The molecule has 2 N–H and O–H groups in total. The number of carboxylic acids is 1. The van der Waals surface area contributed by atoms with Crippen molar-refractivity contribution in [3.05, 3.63) is 30.1 Å². The molecule has 1 aromatic rings. The molecule has 0 spiro atoms. The van der Waals surface area contributed by atoms with Gasteiger partial charge in [-0.25, -0.2) is 9.18 Å². The van der Waals surface area contributed by atoms with Crippen LogP contribution in [0.4, 0.5) is 4.39 Å². The van der Waals surface area contributed by atoms with Gasteiger partial charge in [-0.1, -0.05) is 19.8 Å². The Morgan fingerprint density at radius 1 is 1.24 bits per heavy atom. The number of carbonyl (C=O) groups excluding carboxylic acids is 1. The van der Waals surface area contributed by atoms with Crippen molar-refractivity contribution in [1.29, 1.82) is 0 Å². The van der Waals surface area contributed by atoms with E-state index in [9.17, 15) is 19.1 Å². The van der Waals surface area contributed by atoms with Gasteiger partial charge >= 0.3 is 5.97 Å². The molecular weight excluding hydrogens is 329 g/mol. The maximum absolute atomic E-state index is 12.9. The number of rotatable bonds is 9. The highest BCUT2D eigenvalue weighted by Gasteiger charge is 2.26. The Morgan fingerprint density at radius 3 is 2.44 bits per heavy atom. The van der Waals surface area contributed by atoms with Crippen molar-refractivity contribution in [1.82, 2.24) is 5.32 Å². The largest absolute Gasteiger partial charge is 0.478 e. The van der Waals surface area contributed by atoms with Crippen molar-refractivity contribution < 1.29 is 28.6 Å². The van der Waals surface area contributed by atoms with Gasteiger partial charge in [0.1, 0.15) is 17.7 Å². The fourth-order valence-electron chi connectivity index (χ4n) is 2.76. The average Bonchev–Trinajstić information content (AvgIpc) is 3.10. The van der Waals surface area contributed by atoms with Gasteiger partial charge < -0.3 is 19.9 Å². The number of nitrogens with one attached hydrogen (secondary N) is 1. The van der Waals surface area contributed by atoms with Crippen LogP contribution in [-0.4, -0.2) is 41.8 Å². The Labute approximate surface area is 146 Å². The average molecular weight is 353 g/mol. The highest BCUT2D eigenvalue weighted by atomic mass is 19.1. The Hall–Kier alpha value is -2.15. The molecule has 0 aliphatic heterocycles. The van der Waals surface area contributed by atoms with E-state index in [0.717, 1.165) is 25.7 Å². The molecular formula is C18H24FNO5. The number of amides is 1. The molecule has 1 aliphatic rings. The lowest BCUT2D eigenvalue weighted by Gasteiger charge is -2.21. The molecule has 0 aromatic heterocycles. The lowest BCUT2D eigenvalue weighted by molar-refractivity contribution is -0.145. The molecule has 1 aromatic carbocycles. The molecule has 2 unspecified atom stereocenters. The van der Waals surface area contributed by atoms with E-state index in [4.69, 9.17) is 9.47 Å². The minimum absolute atomic E-state index is 0.0986. The van der Waals surface area contributed by atoms with Gasteiger partial charge in [-0.3, -0.25) is 4.79 Å². The fourth-order valence-corrected chi connectivity index (χ4v) is 2.76. The number of hydrogen-bond donors (Lipinski definition) is 2. The highest BCUT2D eigenvalue weighted by molar-refractivity contribution is 5.82. The SMILES string of the molecule is CCC(OC1CCCC1)C(=O)NCC(Oc1ccc(F)cc1)C(=O)O. The quantitative estimate of drug-likeness (QED) is 0.713. The van der Waals surface area contributed by atoms with Crippen LogP contribution in [-0.2, 0) is 14.3 Å². The second-order valence-electron chi connectivity index (χ2n) is 6.08. The van der Waals surface area contributed by atoms with Crippen LogP contribution >= 0.6 is 0 Å². The van der Waals surface area contributed by atoms with E-state index in [0.29, 0.717) is 6.42 Å². The first-order valence-corrected chi connectivity index (χ1v) is 8.57. The van der Waals surface area contributed by atoms with E-state index < -0.39 is 24.0 Å². The number of aliphatic carboxylic acids is 1. The Balaban J connectivity index is 1.86. The minimum Gasteiger partial charge on any atom is -0.478 e. The van der Waals surface area contributed by atoms with Gasteiger partial charge in [0.05, 0.1) is 12.6 Å². The van der Waals surface area contributed by atoms with Crippen LogP contribution in [0.25, 0.3) is 0 Å². The normalized spacial score (nSPS) is 17.0. The van der Waals surface area contributed by atoms with Gasteiger partial charge in [0.2, 0.25) is 12.0 Å². The van der Waals surface area contributed by atoms with Gasteiger partial charge in [0.25, 0.3) is 0 Å². The molecule has 2 rings (SSSR count). The molecule has 0 radical (unpaired) electrons. The second kappa shape index (κ2) is 9.36. The Bertz CT molecular complexity index is 571. The number of benzene rings is 1. The number of carbonyl (C=O) groups is 2. The zero-order valence-electron chi connectivity index (χ0n) is 14.2. The molecule has 0 bridgehead atoms. The molecule has 1 fully saturated rings. The molecule has 1 amide bonds. The summed E-state index contributed by atoms with van der Waals surface area (Å²) >= 11 is 0. The van der Waals surface area contributed by atoms with E-state index in [2.05, 4.69) is 5.32 Å². The summed E-state index contributed by atoms with van der Waals surface area (Å²) in [6.07, 6.45) is 2.87. The fraction of sp³-hybridized carbons (Fsp3) is 0.556. The summed E-state index contributed by atoms with van der Waals surface area (Å²) in [6.45, 7) is 1.65. The third-order valence-corrected chi connectivity index (χ3v) is 4.15. The van der Waals surface area contributed by atoms with Gasteiger partial charge in [0.15, 0.2) is 0 Å². The molecule has 1 aliphatic carbocycles. The summed E-state index contributed by atoms with van der Waals surface area (Å²) in [7, 11) is 0. The third-order valence-electron chi connectivity index (χ3n) is 4.15. The predicted octanol–water partition coefficient (Wildman–Crippen LogP) is 2.51. The van der Waals surface area contributed by atoms with Gasteiger partial charge in [-0.15, -0.1) is 0 Å². The maximum Gasteiger partial charge on any atom is 0.346 e. The number of hydrogen-bond acceptors (Lipinski definition) is 4. The van der Waals surface area contributed by atoms with E-state index in [1.807, 2.05) is 6.92 Å². The summed E-state index contributed by atoms with van der Waals surface area (Å²) < 4.78 is 24.0. The number of ether oxygens (including phenoxy) is 2. The standard InChI is InChI=1S/C18H24FNO5/c1-2-15(24-13-5-3-4-6-13)17(21)20-11-16(18(22)23)25-14-9-7-12(19)8-10-14/h7-10,13,15-16H,2-6,11H2,1H3,(H,20,21)(H,22,23). The van der Waals surface area contributed by atoms with E-state index in [1.54, 1.807) is 0 Å². The molecule has 7 heteroatoms. The maximum atomic E-state index is 12.9. The molecule has 0 saturated heterocycles. The highest BCUT2D eigenvalue weighted by Crippen LogP contribution is 2.23. The summed E-state index contributed by atoms with van der Waals surface area (Å²) in [5.74, 6) is -1.78. The van der Waals surface area contributed by atoms with E-state index in [1.165, 1.54) is 24.3 Å². The summed E-state index contributed by atoms with van der Waals surface area (Å²) in [4.78, 5) is 23.6. The minimum atomic E-state index is -1.27. The van der Waals surface area contributed by atoms with Crippen LogP contribution in [0, 0.1) is 5.82 Å². The zero-order chi connectivity index (χ0) is 18.2. The van der Waals surface area contributed by atoms with Crippen molar-refractivity contribution in [2.75, 3.05) is 6.54 Å². The Morgan fingerprint density at radius 2 is 1.88 bits per heavy atom. The first-order valence-electron chi connectivity index (χ1n) is 8.57. The van der Waals surface area contributed by atoms with Gasteiger partial charge in [-0.05, 0) is 43.5 Å². The molecule has 138 valence electrons. The van der Waals surface area contributed by atoms with Crippen molar-refractivity contribution in [2.45, 2.75) is 57.3 Å². The molecule has 6 nitrogen and oxygen atoms in total. The first kappa shape index (κ1) is 19.2. The molecule has 2 atom stereocenters. The van der Waals surface area contributed by atoms with Crippen LogP contribution in [0.5, 0.6) is 5.75 Å². The Kier molecular flexibility index (Phi) is 7.18. The lowest BCUT2D eigenvalue weighted by Crippen LogP contribution is -2.45. The number of carboxylic acid groups (broad SMARTS) is 1. The number of halogens is 1.